The minimum atomic E-state index is -0.0747. The van der Waals surface area contributed by atoms with Gasteiger partial charge in [0.15, 0.2) is 5.13 Å². The molecule has 2 unspecified atom stereocenters. The Balaban J connectivity index is 1.98. The second kappa shape index (κ2) is 5.77. The van der Waals surface area contributed by atoms with Crippen LogP contribution in [0.25, 0.3) is 0 Å². The van der Waals surface area contributed by atoms with E-state index < -0.39 is 0 Å². The number of thiazole rings is 1. The molecule has 6 heteroatoms. The van der Waals surface area contributed by atoms with E-state index in [0.717, 1.165) is 18.1 Å². The molecule has 0 bridgehead atoms. The predicted molar refractivity (Wildman–Crippen MR) is 79.7 cm³/mol. The fraction of sp³-hybridized carbons (Fsp3) is 0.692. The second-order valence-electron chi connectivity index (χ2n) is 5.09. The Kier molecular flexibility index (Phi) is 4.29. The molecule has 0 spiro atoms. The van der Waals surface area contributed by atoms with E-state index in [1.54, 1.807) is 0 Å². The minimum Gasteiger partial charge on any atom is -0.382 e. The molecule has 1 aromatic rings. The summed E-state index contributed by atoms with van der Waals surface area (Å²) in [6.07, 6.45) is 3.46. The summed E-state index contributed by atoms with van der Waals surface area (Å²) in [6.45, 7) is 5.05. The number of nitrogens with one attached hydrogen (secondary N) is 1. The van der Waals surface area contributed by atoms with Gasteiger partial charge < -0.3 is 16.0 Å². The molecule has 0 aromatic carbocycles. The topological polar surface area (TPSA) is 71.2 Å². The first-order chi connectivity index (χ1) is 9.06. The van der Waals surface area contributed by atoms with Crippen molar-refractivity contribution in [2.45, 2.75) is 39.2 Å². The summed E-state index contributed by atoms with van der Waals surface area (Å²) in [4.78, 5) is 18.9. The van der Waals surface area contributed by atoms with Gasteiger partial charge in [-0.15, -0.1) is 0 Å². The standard InChI is InChI=1S/C13H22N4OS/c1-4-6-8-7-9(8)15-12(18)10-11(14)16-13(19-10)17(3)5-2/h8-9H,4-7,14H2,1-3H3,(H,15,18). The number of rotatable bonds is 6. The normalized spacial score (nSPS) is 21.2. The van der Waals surface area contributed by atoms with Crippen molar-refractivity contribution in [3.05, 3.63) is 4.88 Å². The lowest BCUT2D eigenvalue weighted by atomic mass is 10.2. The third-order valence-corrected chi connectivity index (χ3v) is 4.73. The van der Waals surface area contributed by atoms with E-state index in [1.165, 1.54) is 24.2 Å². The molecule has 1 aliphatic rings. The number of nitrogens with zero attached hydrogens (tertiary/aromatic N) is 2. The maximum absolute atomic E-state index is 12.2. The van der Waals surface area contributed by atoms with Crippen LogP contribution < -0.4 is 16.0 Å². The third kappa shape index (κ3) is 3.18. The van der Waals surface area contributed by atoms with Crippen molar-refractivity contribution < 1.29 is 4.79 Å². The van der Waals surface area contributed by atoms with Gasteiger partial charge in [0.1, 0.15) is 10.7 Å². The SMILES string of the molecule is CCCC1CC1NC(=O)c1sc(N(C)CC)nc1N. The number of hydrogen-bond acceptors (Lipinski definition) is 5. The highest BCUT2D eigenvalue weighted by Gasteiger charge is 2.37. The summed E-state index contributed by atoms with van der Waals surface area (Å²) >= 11 is 1.36. The lowest BCUT2D eigenvalue weighted by Crippen LogP contribution is -2.26. The van der Waals surface area contributed by atoms with Gasteiger partial charge in [-0.3, -0.25) is 4.79 Å². The average molecular weight is 282 g/mol. The molecule has 3 N–H and O–H groups in total. The molecule has 2 atom stereocenters. The molecule has 1 aromatic heterocycles. The number of carbonyl (C=O) groups is 1. The fourth-order valence-corrected chi connectivity index (χ4v) is 3.04. The van der Waals surface area contributed by atoms with Crippen LogP contribution >= 0.6 is 11.3 Å². The van der Waals surface area contributed by atoms with Crippen LogP contribution in [-0.4, -0.2) is 30.5 Å². The Bertz CT molecular complexity index is 459. The van der Waals surface area contributed by atoms with E-state index in [0.29, 0.717) is 22.7 Å². The Morgan fingerprint density at radius 2 is 2.32 bits per heavy atom. The van der Waals surface area contributed by atoms with Crippen LogP contribution in [0.15, 0.2) is 0 Å². The van der Waals surface area contributed by atoms with Crippen molar-refractivity contribution in [2.24, 2.45) is 5.92 Å². The summed E-state index contributed by atoms with van der Waals surface area (Å²) in [7, 11) is 1.94. The van der Waals surface area contributed by atoms with Gasteiger partial charge in [-0.25, -0.2) is 4.98 Å². The van der Waals surface area contributed by atoms with Crippen molar-refractivity contribution in [3.63, 3.8) is 0 Å². The first-order valence-corrected chi connectivity index (χ1v) is 7.66. The van der Waals surface area contributed by atoms with Gasteiger partial charge in [-0.2, -0.15) is 0 Å². The molecule has 1 amide bonds. The molecule has 2 rings (SSSR count). The fourth-order valence-electron chi connectivity index (χ4n) is 2.13. The van der Waals surface area contributed by atoms with Gasteiger partial charge in [0.05, 0.1) is 0 Å². The van der Waals surface area contributed by atoms with E-state index in [1.807, 2.05) is 18.9 Å². The summed E-state index contributed by atoms with van der Waals surface area (Å²) in [5, 5.41) is 3.85. The smallest absolute Gasteiger partial charge is 0.265 e. The van der Waals surface area contributed by atoms with E-state index in [4.69, 9.17) is 5.73 Å². The van der Waals surface area contributed by atoms with Gasteiger partial charge in [-0.1, -0.05) is 24.7 Å². The van der Waals surface area contributed by atoms with E-state index in [2.05, 4.69) is 17.2 Å². The predicted octanol–water partition coefficient (Wildman–Crippen LogP) is 2.10. The summed E-state index contributed by atoms with van der Waals surface area (Å²) in [5.74, 6) is 0.917. The zero-order valence-corrected chi connectivity index (χ0v) is 12.6. The number of aromatic nitrogens is 1. The molecule has 1 aliphatic carbocycles. The number of nitrogens with two attached hydrogens (primary N) is 1. The van der Waals surface area contributed by atoms with Crippen LogP contribution in [0, 0.1) is 5.92 Å². The van der Waals surface area contributed by atoms with E-state index in [9.17, 15) is 4.79 Å². The maximum Gasteiger partial charge on any atom is 0.265 e. The Morgan fingerprint density at radius 3 is 2.95 bits per heavy atom. The van der Waals surface area contributed by atoms with Crippen molar-refractivity contribution in [1.82, 2.24) is 10.3 Å². The number of amides is 1. The highest BCUT2D eigenvalue weighted by atomic mass is 32.1. The zero-order chi connectivity index (χ0) is 14.0. The largest absolute Gasteiger partial charge is 0.382 e. The molecule has 19 heavy (non-hydrogen) atoms. The highest BCUT2D eigenvalue weighted by Crippen LogP contribution is 2.35. The third-order valence-electron chi connectivity index (χ3n) is 3.55. The summed E-state index contributed by atoms with van der Waals surface area (Å²) < 4.78 is 0. The minimum absolute atomic E-state index is 0.0747. The number of nitrogen functional groups attached to an aromatic ring is 1. The molecule has 5 nitrogen and oxygen atoms in total. The lowest BCUT2D eigenvalue weighted by molar-refractivity contribution is 0.0953. The first-order valence-electron chi connectivity index (χ1n) is 6.85. The quantitative estimate of drug-likeness (QED) is 0.838. The zero-order valence-electron chi connectivity index (χ0n) is 11.8. The molecular weight excluding hydrogens is 260 g/mol. The van der Waals surface area contributed by atoms with E-state index >= 15 is 0 Å². The number of carbonyl (C=O) groups excluding carboxylic acids is 1. The van der Waals surface area contributed by atoms with Gasteiger partial charge in [-0.05, 0) is 25.7 Å². The van der Waals surface area contributed by atoms with Gasteiger partial charge in [0.25, 0.3) is 5.91 Å². The Hall–Kier alpha value is -1.30. The van der Waals surface area contributed by atoms with Gasteiger partial charge >= 0.3 is 0 Å². The Labute approximate surface area is 118 Å². The molecular formula is C13H22N4OS. The molecule has 0 aliphatic heterocycles. The first kappa shape index (κ1) is 14.1. The van der Waals surface area contributed by atoms with Gasteiger partial charge in [0, 0.05) is 19.6 Å². The molecule has 0 saturated heterocycles. The van der Waals surface area contributed by atoms with Gasteiger partial charge in [0.2, 0.25) is 0 Å². The molecule has 1 fully saturated rings. The lowest BCUT2D eigenvalue weighted by Gasteiger charge is -2.10. The molecule has 1 saturated carbocycles. The van der Waals surface area contributed by atoms with Crippen LogP contribution in [0.5, 0.6) is 0 Å². The van der Waals surface area contributed by atoms with Crippen molar-refractivity contribution in [3.8, 4) is 0 Å². The molecule has 1 heterocycles. The van der Waals surface area contributed by atoms with Crippen LogP contribution in [0.1, 0.15) is 42.8 Å². The van der Waals surface area contributed by atoms with Crippen LogP contribution in [0.4, 0.5) is 10.9 Å². The Morgan fingerprint density at radius 1 is 1.58 bits per heavy atom. The van der Waals surface area contributed by atoms with Crippen molar-refractivity contribution in [1.29, 1.82) is 0 Å². The van der Waals surface area contributed by atoms with E-state index in [-0.39, 0.29) is 5.91 Å². The van der Waals surface area contributed by atoms with Crippen LogP contribution in [0.3, 0.4) is 0 Å². The number of anilines is 2. The number of hydrogen-bond donors (Lipinski definition) is 2. The molecule has 106 valence electrons. The average Bonchev–Trinajstić information content (AvgIpc) is 2.98. The maximum atomic E-state index is 12.2. The monoisotopic (exact) mass is 282 g/mol. The van der Waals surface area contributed by atoms with Crippen LogP contribution in [0.2, 0.25) is 0 Å². The second-order valence-corrected chi connectivity index (χ2v) is 6.07. The highest BCUT2D eigenvalue weighted by molar-refractivity contribution is 7.18. The van der Waals surface area contributed by atoms with Crippen molar-refractivity contribution in [2.75, 3.05) is 24.2 Å². The summed E-state index contributed by atoms with van der Waals surface area (Å²) in [5.41, 5.74) is 5.84. The molecule has 0 radical (unpaired) electrons. The summed E-state index contributed by atoms with van der Waals surface area (Å²) in [6, 6.07) is 0.335. The van der Waals surface area contributed by atoms with Crippen molar-refractivity contribution >= 4 is 28.2 Å². The van der Waals surface area contributed by atoms with Crippen LogP contribution in [-0.2, 0) is 0 Å².